The van der Waals surface area contributed by atoms with E-state index in [9.17, 15) is 28.2 Å². The summed E-state index contributed by atoms with van der Waals surface area (Å²) in [4.78, 5) is 11.6. The Balaban J connectivity index is 1.82. The van der Waals surface area contributed by atoms with Crippen molar-refractivity contribution < 1.29 is 32.9 Å². The fourth-order valence-corrected chi connectivity index (χ4v) is 2.47. The Morgan fingerprint density at radius 1 is 1.04 bits per heavy atom. The van der Waals surface area contributed by atoms with Crippen molar-refractivity contribution in [3.05, 3.63) is 71.3 Å². The summed E-state index contributed by atoms with van der Waals surface area (Å²) in [5.41, 5.74) is -0.622. The second-order valence-electron chi connectivity index (χ2n) is 5.87. The van der Waals surface area contributed by atoms with Gasteiger partial charge in [0.05, 0.1) is 11.7 Å². The maximum absolute atomic E-state index is 13.0. The summed E-state index contributed by atoms with van der Waals surface area (Å²) in [6.07, 6.45) is -8.73. The first-order valence-corrected chi connectivity index (χ1v) is 8.26. The van der Waals surface area contributed by atoms with Gasteiger partial charge in [-0.15, -0.1) is 0 Å². The van der Waals surface area contributed by atoms with Crippen LogP contribution in [0.3, 0.4) is 0 Å². The van der Waals surface area contributed by atoms with E-state index in [0.29, 0.717) is 0 Å². The molecule has 8 heteroatoms. The zero-order valence-electron chi connectivity index (χ0n) is 14.3. The number of amides is 1. The molecule has 0 spiro atoms. The van der Waals surface area contributed by atoms with Crippen molar-refractivity contribution in [2.24, 2.45) is 0 Å². The van der Waals surface area contributed by atoms with Crippen LogP contribution in [-0.4, -0.2) is 29.0 Å². The molecule has 2 aromatic carbocycles. The molecule has 0 saturated heterocycles. The monoisotopic (exact) mass is 383 g/mol. The van der Waals surface area contributed by atoms with Gasteiger partial charge in [-0.05, 0) is 23.6 Å². The Morgan fingerprint density at radius 2 is 1.67 bits per heavy atom. The van der Waals surface area contributed by atoms with E-state index in [0.717, 1.165) is 17.7 Å². The van der Waals surface area contributed by atoms with Crippen LogP contribution in [0.25, 0.3) is 0 Å². The molecule has 2 rings (SSSR count). The lowest BCUT2D eigenvalue weighted by Crippen LogP contribution is -2.30. The first-order valence-electron chi connectivity index (χ1n) is 8.26. The van der Waals surface area contributed by atoms with Gasteiger partial charge >= 0.3 is 12.3 Å². The van der Waals surface area contributed by atoms with E-state index in [4.69, 9.17) is 4.74 Å². The van der Waals surface area contributed by atoms with E-state index < -0.39 is 35.6 Å². The topological polar surface area (TPSA) is 78.8 Å². The predicted molar refractivity (Wildman–Crippen MR) is 91.7 cm³/mol. The highest BCUT2D eigenvalue weighted by Crippen LogP contribution is 2.35. The van der Waals surface area contributed by atoms with Crippen molar-refractivity contribution in [2.75, 3.05) is 6.54 Å². The van der Waals surface area contributed by atoms with Gasteiger partial charge < -0.3 is 20.3 Å². The molecule has 1 amide bonds. The van der Waals surface area contributed by atoms with E-state index >= 15 is 0 Å². The molecule has 0 aliphatic heterocycles. The molecule has 2 atom stereocenters. The quantitative estimate of drug-likeness (QED) is 0.685. The van der Waals surface area contributed by atoms with Gasteiger partial charge in [-0.1, -0.05) is 48.5 Å². The number of benzene rings is 2. The minimum atomic E-state index is -4.64. The molecule has 0 heterocycles. The summed E-state index contributed by atoms with van der Waals surface area (Å²) in [5.74, 6) is 0. The molecule has 0 aromatic heterocycles. The molecule has 0 bridgehead atoms. The van der Waals surface area contributed by atoms with Crippen LogP contribution in [0, 0.1) is 0 Å². The Hall–Kier alpha value is -2.58. The van der Waals surface area contributed by atoms with Crippen LogP contribution in [0.5, 0.6) is 0 Å². The van der Waals surface area contributed by atoms with Crippen LogP contribution in [0.1, 0.15) is 29.2 Å². The zero-order valence-corrected chi connectivity index (χ0v) is 14.3. The minimum Gasteiger partial charge on any atom is -0.445 e. The summed E-state index contributed by atoms with van der Waals surface area (Å²) in [6.45, 7) is -0.00313. The number of alkyl halides is 3. The van der Waals surface area contributed by atoms with Crippen LogP contribution >= 0.6 is 0 Å². The second kappa shape index (κ2) is 9.38. The minimum absolute atomic E-state index is 0.0663. The van der Waals surface area contributed by atoms with Gasteiger partial charge in [0.25, 0.3) is 0 Å². The molecule has 0 fully saturated rings. The number of carbonyl (C=O) groups is 1. The van der Waals surface area contributed by atoms with Crippen molar-refractivity contribution in [3.63, 3.8) is 0 Å². The third kappa shape index (κ3) is 6.26. The van der Waals surface area contributed by atoms with Crippen molar-refractivity contribution in [1.29, 1.82) is 0 Å². The summed E-state index contributed by atoms with van der Waals surface area (Å²) in [7, 11) is 0. The molecule has 0 aliphatic carbocycles. The Bertz CT molecular complexity index is 737. The van der Waals surface area contributed by atoms with Gasteiger partial charge in [-0.3, -0.25) is 0 Å². The third-order valence-corrected chi connectivity index (χ3v) is 3.87. The smallest absolute Gasteiger partial charge is 0.416 e. The fourth-order valence-electron chi connectivity index (χ4n) is 2.47. The maximum atomic E-state index is 13.0. The van der Waals surface area contributed by atoms with Crippen LogP contribution in [0.4, 0.5) is 18.0 Å². The van der Waals surface area contributed by atoms with Gasteiger partial charge in [0.1, 0.15) is 12.7 Å². The number of aliphatic hydroxyl groups is 2. The Morgan fingerprint density at radius 3 is 2.33 bits per heavy atom. The molecule has 146 valence electrons. The molecule has 27 heavy (non-hydrogen) atoms. The van der Waals surface area contributed by atoms with Crippen molar-refractivity contribution in [3.8, 4) is 0 Å². The van der Waals surface area contributed by atoms with Gasteiger partial charge in [0, 0.05) is 6.54 Å². The summed E-state index contributed by atoms with van der Waals surface area (Å²) >= 11 is 0. The first-order chi connectivity index (χ1) is 12.8. The van der Waals surface area contributed by atoms with Gasteiger partial charge in [0.15, 0.2) is 0 Å². The number of rotatable bonds is 7. The molecule has 2 unspecified atom stereocenters. The number of carbonyl (C=O) groups excluding carboxylic acids is 1. The highest BCUT2D eigenvalue weighted by Gasteiger charge is 2.36. The van der Waals surface area contributed by atoms with E-state index in [2.05, 4.69) is 5.32 Å². The number of aliphatic hydroxyl groups excluding tert-OH is 2. The number of halogens is 3. The fraction of sp³-hybridized carbons (Fsp3) is 0.316. The lowest BCUT2D eigenvalue weighted by atomic mass is 9.97. The lowest BCUT2D eigenvalue weighted by Gasteiger charge is -2.22. The number of hydrogen-bond acceptors (Lipinski definition) is 4. The Labute approximate surface area is 154 Å². The molecule has 0 saturated carbocycles. The van der Waals surface area contributed by atoms with E-state index in [1.807, 2.05) is 6.07 Å². The van der Waals surface area contributed by atoms with Crippen LogP contribution < -0.4 is 5.32 Å². The van der Waals surface area contributed by atoms with Crippen LogP contribution in [0.15, 0.2) is 54.6 Å². The normalized spacial score (nSPS) is 13.7. The van der Waals surface area contributed by atoms with Crippen LogP contribution in [-0.2, 0) is 17.5 Å². The van der Waals surface area contributed by atoms with Gasteiger partial charge in [-0.2, -0.15) is 13.2 Å². The SMILES string of the molecule is O=C(NCCC(O)C(O)c1ccccc1C(F)(F)F)OCc1ccccc1. The first kappa shape index (κ1) is 20.7. The average molecular weight is 383 g/mol. The summed E-state index contributed by atoms with van der Waals surface area (Å²) < 4.78 is 43.9. The summed E-state index contributed by atoms with van der Waals surface area (Å²) in [6, 6.07) is 13.5. The number of alkyl carbamates (subject to hydrolysis) is 1. The predicted octanol–water partition coefficient (Wildman–Crippen LogP) is 3.42. The second-order valence-corrected chi connectivity index (χ2v) is 5.87. The molecule has 0 aliphatic rings. The van der Waals surface area contributed by atoms with E-state index in [1.54, 1.807) is 24.3 Å². The third-order valence-electron chi connectivity index (χ3n) is 3.87. The van der Waals surface area contributed by atoms with E-state index in [-0.39, 0.29) is 19.6 Å². The molecule has 2 aromatic rings. The molecule has 3 N–H and O–H groups in total. The highest BCUT2D eigenvalue weighted by molar-refractivity contribution is 5.67. The van der Waals surface area contributed by atoms with Gasteiger partial charge in [-0.25, -0.2) is 4.79 Å². The zero-order chi connectivity index (χ0) is 19.9. The molecule has 0 radical (unpaired) electrons. The lowest BCUT2D eigenvalue weighted by molar-refractivity contribution is -0.140. The maximum Gasteiger partial charge on any atom is 0.416 e. The highest BCUT2D eigenvalue weighted by atomic mass is 19.4. The van der Waals surface area contributed by atoms with Crippen LogP contribution in [0.2, 0.25) is 0 Å². The number of ether oxygens (including phenoxy) is 1. The summed E-state index contributed by atoms with van der Waals surface area (Å²) in [5, 5.41) is 22.4. The number of nitrogens with one attached hydrogen (secondary N) is 1. The van der Waals surface area contributed by atoms with Crippen molar-refractivity contribution >= 4 is 6.09 Å². The molecular weight excluding hydrogens is 363 g/mol. The average Bonchev–Trinajstić information content (AvgIpc) is 2.66. The Kier molecular flexibility index (Phi) is 7.20. The molecular formula is C19H20F3NO4. The van der Waals surface area contributed by atoms with Gasteiger partial charge in [0.2, 0.25) is 0 Å². The molecule has 5 nitrogen and oxygen atoms in total. The number of hydrogen-bond donors (Lipinski definition) is 3. The largest absolute Gasteiger partial charge is 0.445 e. The van der Waals surface area contributed by atoms with Crippen molar-refractivity contribution in [2.45, 2.75) is 31.4 Å². The van der Waals surface area contributed by atoms with E-state index in [1.165, 1.54) is 12.1 Å². The van der Waals surface area contributed by atoms with Crippen molar-refractivity contribution in [1.82, 2.24) is 5.32 Å². The standard InChI is InChI=1S/C19H20F3NO4/c20-19(21,22)15-9-5-4-8-14(15)17(25)16(24)10-11-23-18(26)27-12-13-6-2-1-3-7-13/h1-9,16-17,24-25H,10-12H2,(H,23,26).